The van der Waals surface area contributed by atoms with E-state index in [0.29, 0.717) is 37.3 Å². The molecule has 0 radical (unpaired) electrons. The number of carboxylic acids is 1. The standard InChI is InChI=1S/C16H15N3O3.C12H17N3O3S/c17-14(18)11-7-4-8-12(9-11)15(20)19-13(16(21)22)10-5-2-1-3-6-10;1-10-2-4-11(5-3-10)19(17,18)14-12(16)15-8-6-13-7-9-15/h1-9,13H,(H3,17,18)(H,19,20)(H,21,22);2-5,13H,6-9H2,1H3,(H,14,16)/t13-;/m1./s1. The number of carbonyl (C=O) groups excluding carboxylic acids is 2. The first kappa shape index (κ1) is 30.8. The Balaban J connectivity index is 0.000000228. The first-order valence-corrected chi connectivity index (χ1v) is 14.1. The number of amides is 3. The van der Waals surface area contributed by atoms with Crippen molar-refractivity contribution in [3.8, 4) is 0 Å². The van der Waals surface area contributed by atoms with Crippen LogP contribution in [-0.4, -0.2) is 68.3 Å². The van der Waals surface area contributed by atoms with Gasteiger partial charge in [-0.1, -0.05) is 60.2 Å². The molecule has 3 amide bonds. The van der Waals surface area contributed by atoms with Crippen molar-refractivity contribution >= 4 is 33.8 Å². The van der Waals surface area contributed by atoms with E-state index in [9.17, 15) is 27.9 Å². The van der Waals surface area contributed by atoms with Crippen molar-refractivity contribution < 1.29 is 27.9 Å². The van der Waals surface area contributed by atoms with E-state index in [4.69, 9.17) is 11.1 Å². The normalized spacial score (nSPS) is 13.6. The topological polar surface area (TPSA) is 195 Å². The summed E-state index contributed by atoms with van der Waals surface area (Å²) < 4.78 is 26.1. The van der Waals surface area contributed by atoms with Gasteiger partial charge in [-0.3, -0.25) is 10.2 Å². The molecule has 0 saturated carbocycles. The molecule has 1 saturated heterocycles. The van der Waals surface area contributed by atoms with Gasteiger partial charge in [0.25, 0.3) is 15.9 Å². The number of urea groups is 1. The molecule has 0 aromatic heterocycles. The smallest absolute Gasteiger partial charge is 0.331 e. The van der Waals surface area contributed by atoms with Gasteiger partial charge < -0.3 is 26.4 Å². The summed E-state index contributed by atoms with van der Waals surface area (Å²) in [5.41, 5.74) is 7.47. The van der Waals surface area contributed by atoms with Crippen LogP contribution in [0.2, 0.25) is 0 Å². The third-order valence-electron chi connectivity index (χ3n) is 6.05. The molecule has 41 heavy (non-hydrogen) atoms. The zero-order chi connectivity index (χ0) is 30.0. The van der Waals surface area contributed by atoms with Crippen LogP contribution in [0.3, 0.4) is 0 Å². The first-order valence-electron chi connectivity index (χ1n) is 12.6. The number of piperazine rings is 1. The van der Waals surface area contributed by atoms with Crippen LogP contribution in [-0.2, 0) is 14.8 Å². The van der Waals surface area contributed by atoms with Gasteiger partial charge in [-0.15, -0.1) is 0 Å². The fraction of sp³-hybridized carbons (Fsp3) is 0.214. The maximum atomic E-state index is 12.2. The van der Waals surface area contributed by atoms with E-state index >= 15 is 0 Å². The molecule has 1 aliphatic heterocycles. The minimum absolute atomic E-state index is 0.0987. The summed E-state index contributed by atoms with van der Waals surface area (Å²) in [6.45, 7) is 4.25. The number of aliphatic carboxylic acids is 1. The summed E-state index contributed by atoms with van der Waals surface area (Å²) in [4.78, 5) is 37.0. The van der Waals surface area contributed by atoms with Crippen LogP contribution in [0.1, 0.15) is 33.1 Å². The number of carbonyl (C=O) groups is 3. The van der Waals surface area contributed by atoms with E-state index in [1.165, 1.54) is 29.2 Å². The molecule has 3 aromatic rings. The van der Waals surface area contributed by atoms with Crippen LogP contribution >= 0.6 is 0 Å². The summed E-state index contributed by atoms with van der Waals surface area (Å²) in [6, 6.07) is 19.3. The Labute approximate surface area is 238 Å². The van der Waals surface area contributed by atoms with Crippen molar-refractivity contribution in [1.29, 1.82) is 5.41 Å². The molecule has 1 fully saturated rings. The zero-order valence-electron chi connectivity index (χ0n) is 22.3. The number of carboxylic acid groups (broad SMARTS) is 1. The number of sulfonamides is 1. The van der Waals surface area contributed by atoms with Crippen LogP contribution in [0, 0.1) is 12.3 Å². The summed E-state index contributed by atoms with van der Waals surface area (Å²) in [5.74, 6) is -1.85. The number of rotatable bonds is 7. The molecular weight excluding hydrogens is 548 g/mol. The van der Waals surface area contributed by atoms with E-state index in [1.54, 1.807) is 54.6 Å². The molecule has 7 N–H and O–H groups in total. The number of benzene rings is 3. The fourth-order valence-electron chi connectivity index (χ4n) is 3.80. The predicted molar refractivity (Wildman–Crippen MR) is 153 cm³/mol. The fourth-order valence-corrected chi connectivity index (χ4v) is 4.77. The van der Waals surface area contributed by atoms with Gasteiger partial charge in [-0.05, 0) is 36.8 Å². The number of hydrogen-bond donors (Lipinski definition) is 6. The molecule has 12 nitrogen and oxygen atoms in total. The molecule has 3 aromatic carbocycles. The minimum atomic E-state index is -3.79. The molecule has 216 valence electrons. The van der Waals surface area contributed by atoms with E-state index in [0.717, 1.165) is 5.56 Å². The Kier molecular flexibility index (Phi) is 10.6. The third kappa shape index (κ3) is 8.88. The lowest BCUT2D eigenvalue weighted by Crippen LogP contribution is -2.51. The zero-order valence-corrected chi connectivity index (χ0v) is 23.1. The van der Waals surface area contributed by atoms with Crippen LogP contribution < -0.4 is 21.1 Å². The van der Waals surface area contributed by atoms with Crippen molar-refractivity contribution in [2.45, 2.75) is 17.9 Å². The number of nitrogens with one attached hydrogen (secondary N) is 4. The highest BCUT2D eigenvalue weighted by Gasteiger charge is 2.24. The quantitative estimate of drug-likeness (QED) is 0.180. The lowest BCUT2D eigenvalue weighted by atomic mass is 10.1. The number of nitrogens with two attached hydrogens (primary N) is 1. The number of aryl methyl sites for hydroxylation is 1. The van der Waals surface area contributed by atoms with Crippen LogP contribution in [0.4, 0.5) is 4.79 Å². The van der Waals surface area contributed by atoms with Crippen LogP contribution in [0.15, 0.2) is 83.8 Å². The minimum Gasteiger partial charge on any atom is -0.479 e. The van der Waals surface area contributed by atoms with Gasteiger partial charge in [0.2, 0.25) is 0 Å². The maximum Gasteiger partial charge on any atom is 0.331 e. The largest absolute Gasteiger partial charge is 0.479 e. The lowest BCUT2D eigenvalue weighted by Gasteiger charge is -2.27. The van der Waals surface area contributed by atoms with E-state index < -0.39 is 34.0 Å². The number of amidine groups is 1. The second-order valence-electron chi connectivity index (χ2n) is 9.11. The van der Waals surface area contributed by atoms with E-state index in [1.807, 2.05) is 6.92 Å². The molecule has 4 rings (SSSR count). The van der Waals surface area contributed by atoms with E-state index in [2.05, 4.69) is 15.4 Å². The van der Waals surface area contributed by atoms with Crippen LogP contribution in [0.25, 0.3) is 0 Å². The monoisotopic (exact) mass is 580 g/mol. The molecule has 13 heteroatoms. The van der Waals surface area contributed by atoms with Crippen molar-refractivity contribution in [3.63, 3.8) is 0 Å². The Morgan fingerprint density at radius 1 is 0.951 bits per heavy atom. The van der Waals surface area contributed by atoms with Gasteiger partial charge in [0.05, 0.1) is 4.90 Å². The predicted octanol–water partition coefficient (Wildman–Crippen LogP) is 1.82. The van der Waals surface area contributed by atoms with Crippen molar-refractivity contribution in [2.75, 3.05) is 26.2 Å². The third-order valence-corrected chi connectivity index (χ3v) is 7.38. The van der Waals surface area contributed by atoms with Gasteiger partial charge in [-0.2, -0.15) is 0 Å². The molecule has 0 bridgehead atoms. The number of nitrogen functional groups attached to an aromatic ring is 1. The van der Waals surface area contributed by atoms with Crippen LogP contribution in [0.5, 0.6) is 0 Å². The van der Waals surface area contributed by atoms with Crippen molar-refractivity contribution in [2.24, 2.45) is 5.73 Å². The molecule has 1 heterocycles. The summed E-state index contributed by atoms with van der Waals surface area (Å²) in [5, 5.41) is 22.2. The summed E-state index contributed by atoms with van der Waals surface area (Å²) >= 11 is 0. The average Bonchev–Trinajstić information content (AvgIpc) is 2.97. The van der Waals surface area contributed by atoms with Gasteiger partial charge in [0, 0.05) is 37.3 Å². The lowest BCUT2D eigenvalue weighted by molar-refractivity contribution is -0.139. The number of nitrogens with zero attached hydrogens (tertiary/aromatic N) is 1. The Morgan fingerprint density at radius 2 is 1.56 bits per heavy atom. The molecule has 0 aliphatic carbocycles. The molecule has 0 unspecified atom stereocenters. The number of hydrogen-bond acceptors (Lipinski definition) is 7. The van der Waals surface area contributed by atoms with Gasteiger partial charge in [0.15, 0.2) is 6.04 Å². The van der Waals surface area contributed by atoms with Gasteiger partial charge in [0.1, 0.15) is 5.84 Å². The summed E-state index contributed by atoms with van der Waals surface area (Å²) in [7, 11) is -3.79. The second-order valence-corrected chi connectivity index (χ2v) is 10.8. The Bertz CT molecular complexity index is 1490. The highest BCUT2D eigenvalue weighted by Crippen LogP contribution is 2.15. The average molecular weight is 581 g/mol. The van der Waals surface area contributed by atoms with Crippen molar-refractivity contribution in [3.05, 3.63) is 101 Å². The van der Waals surface area contributed by atoms with Gasteiger partial charge in [-0.25, -0.2) is 22.7 Å². The van der Waals surface area contributed by atoms with Crippen molar-refractivity contribution in [1.82, 2.24) is 20.3 Å². The van der Waals surface area contributed by atoms with E-state index in [-0.39, 0.29) is 16.3 Å². The Morgan fingerprint density at radius 3 is 2.15 bits per heavy atom. The van der Waals surface area contributed by atoms with Gasteiger partial charge >= 0.3 is 12.0 Å². The first-order chi connectivity index (χ1) is 19.5. The molecule has 1 atom stereocenters. The molecule has 0 spiro atoms. The maximum absolute atomic E-state index is 12.2. The Hall–Kier alpha value is -4.75. The summed E-state index contributed by atoms with van der Waals surface area (Å²) in [6.07, 6.45) is 0. The molecule has 1 aliphatic rings. The second kappa shape index (κ2) is 14.1. The highest BCUT2D eigenvalue weighted by atomic mass is 32.2. The highest BCUT2D eigenvalue weighted by molar-refractivity contribution is 7.90. The molecular formula is C28H32N6O6S. The SMILES string of the molecule is Cc1ccc(S(=O)(=O)NC(=O)N2CCNCC2)cc1.N=C(N)c1cccc(C(=O)N[C@@H](C(=O)O)c2ccccc2)c1.